The number of piperidine rings is 1. The summed E-state index contributed by atoms with van der Waals surface area (Å²) < 4.78 is 1.80. The lowest BCUT2D eigenvalue weighted by Gasteiger charge is -2.40. The van der Waals surface area contributed by atoms with Crippen LogP contribution in [0.5, 0.6) is 0 Å². The van der Waals surface area contributed by atoms with Gasteiger partial charge in [0.2, 0.25) is 0 Å². The maximum Gasteiger partial charge on any atom is 0.276 e. The molecule has 0 radical (unpaired) electrons. The molecule has 1 amide bonds. The van der Waals surface area contributed by atoms with E-state index in [-0.39, 0.29) is 11.3 Å². The van der Waals surface area contributed by atoms with Crippen molar-refractivity contribution >= 4 is 5.91 Å². The van der Waals surface area contributed by atoms with Crippen LogP contribution in [-0.4, -0.2) is 76.5 Å². The van der Waals surface area contributed by atoms with Gasteiger partial charge < -0.3 is 10.2 Å². The summed E-state index contributed by atoms with van der Waals surface area (Å²) in [5.41, 5.74) is 1.75. The molecule has 3 heterocycles. The Morgan fingerprint density at radius 2 is 1.93 bits per heavy atom. The van der Waals surface area contributed by atoms with Crippen LogP contribution in [0, 0.1) is 0 Å². The van der Waals surface area contributed by atoms with Crippen molar-refractivity contribution in [2.75, 3.05) is 45.8 Å². The third kappa shape index (κ3) is 4.25. The Kier molecular flexibility index (Phi) is 5.73. The summed E-state index contributed by atoms with van der Waals surface area (Å²) in [4.78, 5) is 17.4. The Morgan fingerprint density at radius 1 is 1.14 bits per heavy atom. The number of likely N-dealkylation sites (tertiary alicyclic amines) is 1. The molecule has 2 aromatic rings. The number of aromatic nitrogens is 3. The van der Waals surface area contributed by atoms with Crippen LogP contribution in [0.1, 0.15) is 35.8 Å². The van der Waals surface area contributed by atoms with Crippen LogP contribution in [0.15, 0.2) is 36.5 Å². The van der Waals surface area contributed by atoms with Crippen molar-refractivity contribution in [3.05, 3.63) is 47.8 Å². The van der Waals surface area contributed by atoms with E-state index in [1.54, 1.807) is 10.9 Å². The minimum Gasteiger partial charge on any atom is -0.336 e. The molecule has 7 nitrogen and oxygen atoms in total. The molecule has 0 spiro atoms. The Balaban J connectivity index is 1.38. The van der Waals surface area contributed by atoms with E-state index < -0.39 is 0 Å². The summed E-state index contributed by atoms with van der Waals surface area (Å²) in [6.45, 7) is 9.67. The third-order valence-electron chi connectivity index (χ3n) is 6.07. The van der Waals surface area contributed by atoms with Crippen molar-refractivity contribution in [3.63, 3.8) is 0 Å². The Morgan fingerprint density at radius 3 is 2.71 bits per heavy atom. The molecule has 1 N–H and O–H groups in total. The smallest absolute Gasteiger partial charge is 0.276 e. The van der Waals surface area contributed by atoms with Gasteiger partial charge in [-0.15, -0.1) is 5.10 Å². The van der Waals surface area contributed by atoms with Crippen molar-refractivity contribution in [1.29, 1.82) is 0 Å². The number of hydrogen-bond donors (Lipinski definition) is 1. The van der Waals surface area contributed by atoms with Crippen LogP contribution in [0.25, 0.3) is 0 Å². The van der Waals surface area contributed by atoms with Gasteiger partial charge in [0.15, 0.2) is 5.69 Å². The van der Waals surface area contributed by atoms with Crippen molar-refractivity contribution in [2.45, 2.75) is 31.7 Å². The SMILES string of the molecule is CC1(c2ccccc2)CCCN(C(=O)c2cn(CCN3CCNCC3)nn2)C1. The van der Waals surface area contributed by atoms with Crippen molar-refractivity contribution in [2.24, 2.45) is 0 Å². The molecule has 1 atom stereocenters. The quantitative estimate of drug-likeness (QED) is 0.846. The first-order valence-electron chi connectivity index (χ1n) is 10.3. The predicted molar refractivity (Wildman–Crippen MR) is 108 cm³/mol. The molecule has 2 saturated heterocycles. The third-order valence-corrected chi connectivity index (χ3v) is 6.07. The van der Waals surface area contributed by atoms with E-state index in [1.165, 1.54) is 5.56 Å². The number of carbonyl (C=O) groups is 1. The summed E-state index contributed by atoms with van der Waals surface area (Å²) in [5, 5.41) is 11.7. The highest BCUT2D eigenvalue weighted by atomic mass is 16.2. The minimum atomic E-state index is -0.00649. The summed E-state index contributed by atoms with van der Waals surface area (Å²) in [7, 11) is 0. The van der Waals surface area contributed by atoms with E-state index in [0.717, 1.165) is 65.2 Å². The molecule has 2 fully saturated rings. The number of carbonyl (C=O) groups excluding carboxylic acids is 1. The first-order valence-corrected chi connectivity index (χ1v) is 10.3. The van der Waals surface area contributed by atoms with Gasteiger partial charge in [-0.3, -0.25) is 14.4 Å². The van der Waals surface area contributed by atoms with Crippen molar-refractivity contribution in [1.82, 2.24) is 30.1 Å². The van der Waals surface area contributed by atoms with Crippen molar-refractivity contribution < 1.29 is 4.79 Å². The highest BCUT2D eigenvalue weighted by Crippen LogP contribution is 2.33. The summed E-state index contributed by atoms with van der Waals surface area (Å²) in [6.07, 6.45) is 3.91. The Hall–Kier alpha value is -2.25. The summed E-state index contributed by atoms with van der Waals surface area (Å²) >= 11 is 0. The normalized spacial score (nSPS) is 23.7. The zero-order valence-electron chi connectivity index (χ0n) is 16.7. The largest absolute Gasteiger partial charge is 0.336 e. The Labute approximate surface area is 166 Å². The molecule has 4 rings (SSSR count). The molecule has 7 heteroatoms. The maximum absolute atomic E-state index is 13.0. The molecular formula is C21H30N6O. The summed E-state index contributed by atoms with van der Waals surface area (Å²) in [6, 6.07) is 10.5. The fourth-order valence-electron chi connectivity index (χ4n) is 4.34. The maximum atomic E-state index is 13.0. The van der Waals surface area contributed by atoms with E-state index in [0.29, 0.717) is 5.69 Å². The summed E-state index contributed by atoms with van der Waals surface area (Å²) in [5.74, 6) is -0.00437. The van der Waals surface area contributed by atoms with Crippen LogP contribution in [0.3, 0.4) is 0 Å². The lowest BCUT2D eigenvalue weighted by Crippen LogP contribution is -2.47. The lowest BCUT2D eigenvalue weighted by atomic mass is 9.76. The van der Waals surface area contributed by atoms with Gasteiger partial charge in [-0.05, 0) is 18.4 Å². The molecule has 0 aliphatic carbocycles. The van der Waals surface area contributed by atoms with E-state index in [1.807, 2.05) is 11.0 Å². The number of piperazine rings is 1. The van der Waals surface area contributed by atoms with Gasteiger partial charge in [0, 0.05) is 51.2 Å². The van der Waals surface area contributed by atoms with Gasteiger partial charge in [0.1, 0.15) is 0 Å². The van der Waals surface area contributed by atoms with Crippen molar-refractivity contribution in [3.8, 4) is 0 Å². The second-order valence-corrected chi connectivity index (χ2v) is 8.22. The van der Waals surface area contributed by atoms with Gasteiger partial charge in [-0.1, -0.05) is 42.5 Å². The van der Waals surface area contributed by atoms with E-state index in [4.69, 9.17) is 0 Å². The predicted octanol–water partition coefficient (Wildman–Crippen LogP) is 1.38. The fourth-order valence-corrected chi connectivity index (χ4v) is 4.34. The Bertz CT molecular complexity index is 785. The molecule has 0 bridgehead atoms. The molecule has 28 heavy (non-hydrogen) atoms. The second kappa shape index (κ2) is 8.41. The van der Waals surface area contributed by atoms with Crippen LogP contribution >= 0.6 is 0 Å². The van der Waals surface area contributed by atoms with E-state index in [9.17, 15) is 4.79 Å². The molecule has 1 aromatic heterocycles. The van der Waals surface area contributed by atoms with Crippen LogP contribution in [0.2, 0.25) is 0 Å². The number of nitrogens with zero attached hydrogens (tertiary/aromatic N) is 5. The average Bonchev–Trinajstić information content (AvgIpc) is 3.22. The van der Waals surface area contributed by atoms with E-state index >= 15 is 0 Å². The zero-order valence-corrected chi connectivity index (χ0v) is 16.7. The standard InChI is InChI=1S/C21H30N6O/c1-21(18-6-3-2-4-7-18)8-5-11-26(17-21)20(28)19-16-27(24-23-19)15-14-25-12-9-22-10-13-25/h2-4,6-7,16,22H,5,8-15,17H2,1H3. The molecule has 0 saturated carbocycles. The van der Waals surface area contributed by atoms with Gasteiger partial charge in [0.25, 0.3) is 5.91 Å². The average molecular weight is 383 g/mol. The monoisotopic (exact) mass is 382 g/mol. The topological polar surface area (TPSA) is 66.3 Å². The zero-order chi connectivity index (χ0) is 19.4. The van der Waals surface area contributed by atoms with Gasteiger partial charge >= 0.3 is 0 Å². The molecular weight excluding hydrogens is 352 g/mol. The molecule has 150 valence electrons. The fraction of sp³-hybridized carbons (Fsp3) is 0.571. The lowest BCUT2D eigenvalue weighted by molar-refractivity contribution is 0.0645. The molecule has 1 unspecified atom stereocenters. The molecule has 2 aliphatic heterocycles. The van der Waals surface area contributed by atoms with Gasteiger partial charge in [-0.25, -0.2) is 0 Å². The number of hydrogen-bond acceptors (Lipinski definition) is 5. The highest BCUT2D eigenvalue weighted by molar-refractivity contribution is 5.92. The number of nitrogens with one attached hydrogen (secondary N) is 1. The van der Waals surface area contributed by atoms with Crippen LogP contribution < -0.4 is 5.32 Å². The van der Waals surface area contributed by atoms with Gasteiger partial charge in [-0.2, -0.15) is 0 Å². The van der Waals surface area contributed by atoms with Crippen LogP contribution in [-0.2, 0) is 12.0 Å². The molecule has 1 aromatic carbocycles. The molecule has 2 aliphatic rings. The number of amides is 1. The number of rotatable bonds is 5. The van der Waals surface area contributed by atoms with Crippen LogP contribution in [0.4, 0.5) is 0 Å². The minimum absolute atomic E-state index is 0.00437. The highest BCUT2D eigenvalue weighted by Gasteiger charge is 2.35. The second-order valence-electron chi connectivity index (χ2n) is 8.22. The number of benzene rings is 1. The first kappa shape index (κ1) is 19.1. The van der Waals surface area contributed by atoms with Gasteiger partial charge in [0.05, 0.1) is 12.7 Å². The first-order chi connectivity index (χ1) is 13.6. The van der Waals surface area contributed by atoms with E-state index in [2.05, 4.69) is 51.7 Å².